The van der Waals surface area contributed by atoms with Crippen LogP contribution in [0.1, 0.15) is 82.9 Å². The minimum Gasteiger partial charge on any atom is -0.496 e. The molecule has 2 heterocycles. The molecule has 4 amide bonds. The second-order valence-electron chi connectivity index (χ2n) is 22.4. The Balaban J connectivity index is 0.000000298. The number of amides is 4. The first-order valence-corrected chi connectivity index (χ1v) is 28.7. The number of nitrogens with zero attached hydrogens (tertiary/aromatic N) is 4. The van der Waals surface area contributed by atoms with Gasteiger partial charge in [0.2, 0.25) is 11.8 Å². The molecule has 6 aromatic carbocycles. The predicted molar refractivity (Wildman–Crippen MR) is 356 cm³/mol. The Labute approximate surface area is 539 Å². The Morgan fingerprint density at radius 3 is 1.35 bits per heavy atom. The first-order valence-electron chi connectivity index (χ1n) is 27.9. The zero-order valence-corrected chi connectivity index (χ0v) is 53.6. The number of carbonyl (C=O) groups is 5. The van der Waals surface area contributed by atoms with E-state index in [2.05, 4.69) is 16.0 Å². The van der Waals surface area contributed by atoms with E-state index in [9.17, 15) is 47.5 Å². The fraction of sp³-hybridized carbons (Fsp3) is 0.269. The number of aryl methyl sites for hydroxylation is 2. The Hall–Kier alpha value is -9.81. The van der Waals surface area contributed by atoms with Gasteiger partial charge in [0.25, 0.3) is 22.9 Å². The third kappa shape index (κ3) is 15.8. The molecule has 0 bridgehead atoms. The molecule has 25 heteroatoms. The summed E-state index contributed by atoms with van der Waals surface area (Å²) >= 11 is 13.7. The van der Waals surface area contributed by atoms with Crippen LogP contribution in [0.5, 0.6) is 11.5 Å². The van der Waals surface area contributed by atoms with Gasteiger partial charge in [0.05, 0.1) is 40.7 Å². The average Bonchev–Trinajstić information content (AvgIpc) is 0.801. The summed E-state index contributed by atoms with van der Waals surface area (Å²) in [4.78, 5) is 108. The molecule has 8 rings (SSSR count). The SMILES string of the molecule is C.CC(C)(CN)C(N)=O.COc1cc(-c2cccc(-c3cccc(NC(=O)c4cn(C)c(=O)n(C)c4=O)c3C)c2Cl)cc(F)c1C=O.COc1cc(-c2cccc(-c3cccc(NC(=O)c4cn(C)c(=O)n(C)c4=O)c3C)c2Cl)cc(F)c1CNCC(C)(C)C(N)=O. The molecule has 8 aromatic rings. The Morgan fingerprint density at radius 2 is 0.967 bits per heavy atom. The van der Waals surface area contributed by atoms with E-state index < -0.39 is 62.7 Å². The van der Waals surface area contributed by atoms with Crippen LogP contribution in [0.25, 0.3) is 44.5 Å². The number of carbonyl (C=O) groups excluding carboxylic acids is 5. The lowest BCUT2D eigenvalue weighted by atomic mass is 9.92. The van der Waals surface area contributed by atoms with Crippen LogP contribution in [-0.2, 0) is 44.3 Å². The van der Waals surface area contributed by atoms with Crippen molar-refractivity contribution in [3.05, 3.63) is 206 Å². The highest BCUT2D eigenvalue weighted by atomic mass is 35.5. The number of benzene rings is 6. The maximum absolute atomic E-state index is 15.5. The molecular weight excluding hydrogens is 1230 g/mol. The zero-order valence-electron chi connectivity index (χ0n) is 52.1. The molecule has 9 N–H and O–H groups in total. The molecule has 92 heavy (non-hydrogen) atoms. The van der Waals surface area contributed by atoms with Gasteiger partial charge >= 0.3 is 11.4 Å². The molecule has 0 saturated heterocycles. The largest absolute Gasteiger partial charge is 0.496 e. The highest BCUT2D eigenvalue weighted by Crippen LogP contribution is 2.43. The monoisotopic (exact) mass is 1300 g/mol. The molecule has 2 aromatic heterocycles. The molecular formula is C67H74Cl2F2N10O11. The quantitative estimate of drug-likeness (QED) is 0.0437. The maximum Gasteiger partial charge on any atom is 0.330 e. The first kappa shape index (κ1) is 72.9. The number of ether oxygens (including phenoxy) is 2. The highest BCUT2D eigenvalue weighted by Gasteiger charge is 2.27. The summed E-state index contributed by atoms with van der Waals surface area (Å²) in [5, 5.41) is 9.27. The van der Waals surface area contributed by atoms with E-state index in [1.54, 1.807) is 102 Å². The number of rotatable bonds is 18. The van der Waals surface area contributed by atoms with Gasteiger partial charge in [0.1, 0.15) is 34.3 Å². The zero-order chi connectivity index (χ0) is 67.7. The van der Waals surface area contributed by atoms with Crippen LogP contribution < -0.4 is 65.1 Å². The predicted octanol–water partition coefficient (Wildman–Crippen LogP) is 9.07. The van der Waals surface area contributed by atoms with Crippen molar-refractivity contribution in [2.45, 2.75) is 55.5 Å². The topological polar surface area (TPSA) is 306 Å². The number of hydrogen-bond donors (Lipinski definition) is 6. The van der Waals surface area contributed by atoms with E-state index in [-0.39, 0.29) is 48.9 Å². The summed E-state index contributed by atoms with van der Waals surface area (Å²) in [7, 11) is 8.31. The van der Waals surface area contributed by atoms with Crippen molar-refractivity contribution in [3.63, 3.8) is 0 Å². The minimum absolute atomic E-state index is 0. The van der Waals surface area contributed by atoms with Crippen molar-refractivity contribution < 1.29 is 42.2 Å². The summed E-state index contributed by atoms with van der Waals surface area (Å²) in [6, 6.07) is 27.0. The van der Waals surface area contributed by atoms with Gasteiger partial charge < -0.3 is 51.8 Å². The van der Waals surface area contributed by atoms with E-state index in [4.69, 9.17) is 49.9 Å². The van der Waals surface area contributed by atoms with Gasteiger partial charge in [-0.3, -0.25) is 42.7 Å². The fourth-order valence-electron chi connectivity index (χ4n) is 9.20. The molecule has 486 valence electrons. The van der Waals surface area contributed by atoms with Gasteiger partial charge in [-0.2, -0.15) is 0 Å². The lowest BCUT2D eigenvalue weighted by Gasteiger charge is -2.21. The van der Waals surface area contributed by atoms with Crippen LogP contribution in [0.4, 0.5) is 20.2 Å². The highest BCUT2D eigenvalue weighted by molar-refractivity contribution is 6.36. The summed E-state index contributed by atoms with van der Waals surface area (Å²) in [6.45, 7) is 11.1. The first-order chi connectivity index (χ1) is 42.8. The maximum atomic E-state index is 15.5. The average molecular weight is 1300 g/mol. The molecule has 0 aliphatic carbocycles. The molecule has 0 aliphatic heterocycles. The van der Waals surface area contributed by atoms with Crippen LogP contribution in [0.15, 0.2) is 129 Å². The van der Waals surface area contributed by atoms with Crippen LogP contribution in [0.2, 0.25) is 10.0 Å². The third-order valence-electron chi connectivity index (χ3n) is 15.3. The number of nitrogens with one attached hydrogen (secondary N) is 3. The second-order valence-corrected chi connectivity index (χ2v) is 23.2. The van der Waals surface area contributed by atoms with Crippen LogP contribution in [0.3, 0.4) is 0 Å². The van der Waals surface area contributed by atoms with Crippen molar-refractivity contribution in [1.82, 2.24) is 23.6 Å². The smallest absolute Gasteiger partial charge is 0.330 e. The molecule has 0 aliphatic rings. The van der Waals surface area contributed by atoms with Gasteiger partial charge in [-0.1, -0.05) is 91.3 Å². The summed E-state index contributed by atoms with van der Waals surface area (Å²) in [6.07, 6.45) is 2.79. The van der Waals surface area contributed by atoms with Crippen molar-refractivity contribution in [2.24, 2.45) is 56.2 Å². The Bertz CT molecular complexity index is 4440. The number of hydrogen-bond acceptors (Lipinski definition) is 13. The molecule has 21 nitrogen and oxygen atoms in total. The van der Waals surface area contributed by atoms with Crippen molar-refractivity contribution in [1.29, 1.82) is 0 Å². The van der Waals surface area contributed by atoms with Crippen LogP contribution in [0, 0.1) is 36.3 Å². The number of aromatic nitrogens is 4. The fourth-order valence-corrected chi connectivity index (χ4v) is 9.87. The Kier molecular flexibility index (Phi) is 24.0. The molecule has 0 fully saturated rings. The Morgan fingerprint density at radius 1 is 0.587 bits per heavy atom. The molecule has 0 radical (unpaired) electrons. The number of aldehydes is 1. The second kappa shape index (κ2) is 30.3. The minimum atomic E-state index is -0.811. The molecule has 0 unspecified atom stereocenters. The number of nitrogens with two attached hydrogens (primary N) is 3. The van der Waals surface area contributed by atoms with Gasteiger partial charge in [-0.25, -0.2) is 18.4 Å². The standard InChI is InChI=1S/C33H35ClFN5O5.C28H23ClFN3O5.C5H12N2O.CH4/c1-18-20(9-8-12-26(18)38-29(41)24-16-39(4)32(44)40(5)30(24)42)22-11-7-10-21(28(22)34)19-13-25(35)23(27(14-19)45-6)15-37-17-33(2,3)31(36)43;1-15-17(7-6-10-23(15)31-26(35)20-13-32(2)28(37)33(3)27(20)36)19-9-5-8-18(25(19)29)16-11-22(30)21(14-34)24(12-16)38-4;1-5(2,3-6)4(7)8;/h7-14,16,37H,15,17H2,1-6H3,(H2,36,43)(H,38,41);5-14H,1-4H3,(H,31,35);3,6H2,1-2H3,(H2,7,8);1H4. The lowest BCUT2D eigenvalue weighted by molar-refractivity contribution is -0.126. The van der Waals surface area contributed by atoms with E-state index in [1.165, 1.54) is 73.0 Å². The van der Waals surface area contributed by atoms with Crippen molar-refractivity contribution in [2.75, 3.05) is 37.9 Å². The number of halogens is 4. The van der Waals surface area contributed by atoms with Gasteiger partial charge in [0.15, 0.2) is 6.29 Å². The molecule has 0 spiro atoms. The van der Waals surface area contributed by atoms with E-state index in [0.29, 0.717) is 101 Å². The molecule has 0 atom stereocenters. The van der Waals surface area contributed by atoms with Gasteiger partial charge in [-0.05, 0) is 111 Å². The summed E-state index contributed by atoms with van der Waals surface area (Å²) in [5.41, 5.74) is 18.4. The summed E-state index contributed by atoms with van der Waals surface area (Å²) < 4.78 is 44.8. The van der Waals surface area contributed by atoms with E-state index in [1.807, 2.05) is 18.2 Å². The van der Waals surface area contributed by atoms with Crippen molar-refractivity contribution in [3.8, 4) is 56.0 Å². The van der Waals surface area contributed by atoms with Crippen LogP contribution >= 0.6 is 23.2 Å². The number of primary amides is 2. The van der Waals surface area contributed by atoms with Gasteiger partial charge in [-0.15, -0.1) is 0 Å². The number of methoxy groups -OCH3 is 2. The summed E-state index contributed by atoms with van der Waals surface area (Å²) in [5.74, 6) is -3.00. The molecule has 0 saturated carbocycles. The van der Waals surface area contributed by atoms with Crippen LogP contribution in [-0.4, -0.2) is 75.5 Å². The van der Waals surface area contributed by atoms with E-state index in [0.717, 1.165) is 18.3 Å². The normalized spacial score (nSPS) is 11.0. The third-order valence-corrected chi connectivity index (χ3v) is 16.1. The van der Waals surface area contributed by atoms with Gasteiger partial charge in [0, 0.05) is 99.4 Å². The number of anilines is 2. The van der Waals surface area contributed by atoms with E-state index >= 15 is 4.39 Å². The lowest BCUT2D eigenvalue weighted by Crippen LogP contribution is -2.40. The van der Waals surface area contributed by atoms with Crippen molar-refractivity contribution >= 4 is 64.5 Å².